The second-order valence-electron chi connectivity index (χ2n) is 4.07. The van der Waals surface area contributed by atoms with Crippen molar-refractivity contribution in [3.8, 4) is 5.75 Å². The van der Waals surface area contributed by atoms with Gasteiger partial charge in [-0.3, -0.25) is 4.79 Å². The average Bonchev–Trinajstić information content (AvgIpc) is 2.35. The van der Waals surface area contributed by atoms with E-state index in [9.17, 15) is 4.79 Å². The van der Waals surface area contributed by atoms with Crippen LogP contribution in [0.15, 0.2) is 18.2 Å². The summed E-state index contributed by atoms with van der Waals surface area (Å²) in [5.41, 5.74) is 2.07. The number of nitrogens with one attached hydrogen (secondary N) is 2. The van der Waals surface area contributed by atoms with Gasteiger partial charge in [-0.1, -0.05) is 6.92 Å². The van der Waals surface area contributed by atoms with Crippen LogP contribution < -0.4 is 15.4 Å². The van der Waals surface area contributed by atoms with Gasteiger partial charge in [-0.25, -0.2) is 0 Å². The maximum absolute atomic E-state index is 11.2. The van der Waals surface area contributed by atoms with Gasteiger partial charge in [0.1, 0.15) is 12.4 Å². The molecule has 1 aromatic rings. The molecule has 0 aliphatic carbocycles. The van der Waals surface area contributed by atoms with Gasteiger partial charge in [0, 0.05) is 18.7 Å². The zero-order chi connectivity index (χ0) is 12.1. The maximum Gasteiger partial charge on any atom is 0.224 e. The molecule has 1 amide bonds. The van der Waals surface area contributed by atoms with Crippen molar-refractivity contribution in [2.45, 2.75) is 19.8 Å². The Hall–Kier alpha value is -1.55. The quantitative estimate of drug-likeness (QED) is 0.760. The van der Waals surface area contributed by atoms with Crippen LogP contribution in [-0.2, 0) is 11.2 Å². The summed E-state index contributed by atoms with van der Waals surface area (Å²) in [5.74, 6) is 0.969. The van der Waals surface area contributed by atoms with E-state index < -0.39 is 0 Å². The Labute approximate surface area is 101 Å². The fourth-order valence-electron chi connectivity index (χ4n) is 1.87. The molecule has 17 heavy (non-hydrogen) atoms. The number of ether oxygens (including phenoxy) is 1. The summed E-state index contributed by atoms with van der Waals surface area (Å²) >= 11 is 0. The van der Waals surface area contributed by atoms with Crippen LogP contribution in [0.25, 0.3) is 0 Å². The lowest BCUT2D eigenvalue weighted by atomic mass is 10.0. The lowest BCUT2D eigenvalue weighted by molar-refractivity contribution is -0.116. The highest BCUT2D eigenvalue weighted by molar-refractivity contribution is 5.93. The van der Waals surface area contributed by atoms with Gasteiger partial charge in [0.05, 0.1) is 0 Å². The molecule has 2 rings (SSSR count). The number of carbonyl (C=O) groups excluding carboxylic acids is 1. The SMILES string of the molecule is CCNCCOc1ccc2c(c1)CCC(=O)N2. The molecule has 0 fully saturated rings. The number of hydrogen-bond acceptors (Lipinski definition) is 3. The van der Waals surface area contributed by atoms with Gasteiger partial charge in [-0.15, -0.1) is 0 Å². The number of amides is 1. The number of benzene rings is 1. The van der Waals surface area contributed by atoms with Crippen LogP contribution in [0.1, 0.15) is 18.9 Å². The molecule has 4 nitrogen and oxygen atoms in total. The van der Waals surface area contributed by atoms with Gasteiger partial charge < -0.3 is 15.4 Å². The Morgan fingerprint density at radius 1 is 1.41 bits per heavy atom. The predicted octanol–water partition coefficient (Wildman–Crippen LogP) is 1.56. The third-order valence-electron chi connectivity index (χ3n) is 2.77. The second kappa shape index (κ2) is 5.68. The van der Waals surface area contributed by atoms with Gasteiger partial charge in [0.15, 0.2) is 0 Å². The minimum atomic E-state index is 0.0957. The Balaban J connectivity index is 1.94. The molecule has 92 valence electrons. The van der Waals surface area contributed by atoms with Crippen LogP contribution in [0.4, 0.5) is 5.69 Å². The third kappa shape index (κ3) is 3.20. The first kappa shape index (κ1) is 11.9. The Morgan fingerprint density at radius 2 is 2.29 bits per heavy atom. The van der Waals surface area contributed by atoms with Crippen molar-refractivity contribution in [2.24, 2.45) is 0 Å². The zero-order valence-electron chi connectivity index (χ0n) is 10.1. The largest absolute Gasteiger partial charge is 0.492 e. The molecule has 0 saturated carbocycles. The van der Waals surface area contributed by atoms with E-state index in [1.165, 1.54) is 0 Å². The monoisotopic (exact) mass is 234 g/mol. The first-order valence-electron chi connectivity index (χ1n) is 6.06. The van der Waals surface area contributed by atoms with Crippen LogP contribution in [0.2, 0.25) is 0 Å². The highest BCUT2D eigenvalue weighted by atomic mass is 16.5. The van der Waals surface area contributed by atoms with E-state index >= 15 is 0 Å². The maximum atomic E-state index is 11.2. The lowest BCUT2D eigenvalue weighted by Crippen LogP contribution is -2.21. The minimum absolute atomic E-state index is 0.0957. The van der Waals surface area contributed by atoms with Crippen LogP contribution in [0.5, 0.6) is 5.75 Å². The number of anilines is 1. The standard InChI is InChI=1S/C13H18N2O2/c1-2-14-7-8-17-11-4-5-12-10(9-11)3-6-13(16)15-12/h4-5,9,14H,2-3,6-8H2,1H3,(H,15,16). The summed E-state index contributed by atoms with van der Waals surface area (Å²) in [6, 6.07) is 5.83. The molecule has 0 unspecified atom stereocenters. The van der Waals surface area contributed by atoms with E-state index in [-0.39, 0.29) is 5.91 Å². The summed E-state index contributed by atoms with van der Waals surface area (Å²) in [5, 5.41) is 6.06. The van der Waals surface area contributed by atoms with E-state index in [0.717, 1.165) is 36.5 Å². The molecule has 0 bridgehead atoms. The minimum Gasteiger partial charge on any atom is -0.492 e. The van der Waals surface area contributed by atoms with E-state index in [1.807, 2.05) is 18.2 Å². The predicted molar refractivity (Wildman–Crippen MR) is 67.4 cm³/mol. The van der Waals surface area contributed by atoms with E-state index in [1.54, 1.807) is 0 Å². The van der Waals surface area contributed by atoms with Crippen LogP contribution in [0.3, 0.4) is 0 Å². The van der Waals surface area contributed by atoms with Crippen LogP contribution >= 0.6 is 0 Å². The molecular formula is C13H18N2O2. The smallest absolute Gasteiger partial charge is 0.224 e. The molecule has 1 heterocycles. The molecule has 1 aromatic carbocycles. The lowest BCUT2D eigenvalue weighted by Gasteiger charge is -2.17. The fraction of sp³-hybridized carbons (Fsp3) is 0.462. The number of likely N-dealkylation sites (N-methyl/N-ethyl adjacent to an activating group) is 1. The number of carbonyl (C=O) groups is 1. The average molecular weight is 234 g/mol. The van der Waals surface area contributed by atoms with Gasteiger partial charge in [0.25, 0.3) is 0 Å². The molecule has 4 heteroatoms. The fourth-order valence-corrected chi connectivity index (χ4v) is 1.87. The number of hydrogen-bond donors (Lipinski definition) is 2. The molecule has 0 spiro atoms. The van der Waals surface area contributed by atoms with E-state index in [2.05, 4.69) is 17.6 Å². The Kier molecular flexibility index (Phi) is 3.98. The Bertz CT molecular complexity index is 404. The van der Waals surface area contributed by atoms with E-state index in [4.69, 9.17) is 4.74 Å². The zero-order valence-corrected chi connectivity index (χ0v) is 10.1. The van der Waals surface area contributed by atoms with Crippen molar-refractivity contribution in [3.05, 3.63) is 23.8 Å². The number of aryl methyl sites for hydroxylation is 1. The molecular weight excluding hydrogens is 216 g/mol. The summed E-state index contributed by atoms with van der Waals surface area (Å²) in [4.78, 5) is 11.2. The molecule has 0 saturated heterocycles. The number of rotatable bonds is 5. The normalized spacial score (nSPS) is 14.1. The topological polar surface area (TPSA) is 50.4 Å². The molecule has 0 radical (unpaired) electrons. The van der Waals surface area contributed by atoms with Crippen molar-refractivity contribution in [2.75, 3.05) is 25.0 Å². The van der Waals surface area contributed by atoms with Gasteiger partial charge >= 0.3 is 0 Å². The third-order valence-corrected chi connectivity index (χ3v) is 2.77. The summed E-state index contributed by atoms with van der Waals surface area (Å²) in [6.45, 7) is 4.55. The first-order chi connectivity index (χ1) is 8.29. The van der Waals surface area contributed by atoms with Gasteiger partial charge in [0.2, 0.25) is 5.91 Å². The van der Waals surface area contributed by atoms with Crippen LogP contribution in [-0.4, -0.2) is 25.6 Å². The molecule has 0 atom stereocenters. The van der Waals surface area contributed by atoms with Gasteiger partial charge in [-0.2, -0.15) is 0 Å². The van der Waals surface area contributed by atoms with E-state index in [0.29, 0.717) is 13.0 Å². The molecule has 2 N–H and O–H groups in total. The summed E-state index contributed by atoms with van der Waals surface area (Å²) in [7, 11) is 0. The van der Waals surface area contributed by atoms with Crippen molar-refractivity contribution >= 4 is 11.6 Å². The Morgan fingerprint density at radius 3 is 3.12 bits per heavy atom. The second-order valence-corrected chi connectivity index (χ2v) is 4.07. The van der Waals surface area contributed by atoms with Crippen molar-refractivity contribution in [3.63, 3.8) is 0 Å². The van der Waals surface area contributed by atoms with Crippen molar-refractivity contribution in [1.82, 2.24) is 5.32 Å². The first-order valence-corrected chi connectivity index (χ1v) is 6.06. The van der Waals surface area contributed by atoms with Crippen molar-refractivity contribution < 1.29 is 9.53 Å². The highest BCUT2D eigenvalue weighted by Crippen LogP contribution is 2.26. The number of fused-ring (bicyclic) bond motifs is 1. The molecule has 0 aromatic heterocycles. The van der Waals surface area contributed by atoms with Gasteiger partial charge in [-0.05, 0) is 36.7 Å². The highest BCUT2D eigenvalue weighted by Gasteiger charge is 2.14. The van der Waals surface area contributed by atoms with Crippen LogP contribution in [0, 0.1) is 0 Å². The molecule has 1 aliphatic rings. The summed E-state index contributed by atoms with van der Waals surface area (Å²) < 4.78 is 5.63. The van der Waals surface area contributed by atoms with Crippen molar-refractivity contribution in [1.29, 1.82) is 0 Å². The molecule has 1 aliphatic heterocycles. The summed E-state index contributed by atoms with van der Waals surface area (Å²) in [6.07, 6.45) is 1.36.